The van der Waals surface area contributed by atoms with Crippen molar-refractivity contribution in [1.29, 1.82) is 5.41 Å². The van der Waals surface area contributed by atoms with Crippen molar-refractivity contribution in [1.82, 2.24) is 0 Å². The van der Waals surface area contributed by atoms with Crippen LogP contribution >= 0.6 is 11.8 Å². The third-order valence-electron chi connectivity index (χ3n) is 2.63. The van der Waals surface area contributed by atoms with Crippen LogP contribution in [-0.4, -0.2) is 24.3 Å². The molecule has 1 aliphatic heterocycles. The highest BCUT2D eigenvalue weighted by molar-refractivity contribution is 7.99. The molecule has 0 amide bonds. The maximum absolute atomic E-state index is 7.29. The first-order chi connectivity index (χ1) is 7.75. The lowest BCUT2D eigenvalue weighted by Crippen LogP contribution is -2.10. The van der Waals surface area contributed by atoms with Gasteiger partial charge in [0.15, 0.2) is 0 Å². The summed E-state index contributed by atoms with van der Waals surface area (Å²) in [5.41, 5.74) is 6.17. The van der Waals surface area contributed by atoms with E-state index in [1.807, 2.05) is 24.3 Å². The van der Waals surface area contributed by atoms with Crippen molar-refractivity contribution < 1.29 is 4.74 Å². The first kappa shape index (κ1) is 11.5. The molecular weight excluding hydrogens is 220 g/mol. The predicted octanol–water partition coefficient (Wildman–Crippen LogP) is 2.24. The molecule has 0 aliphatic carbocycles. The molecule has 16 heavy (non-hydrogen) atoms. The van der Waals surface area contributed by atoms with Crippen LogP contribution in [0.3, 0.4) is 0 Å². The summed E-state index contributed by atoms with van der Waals surface area (Å²) in [4.78, 5) is 1.21. The van der Waals surface area contributed by atoms with Crippen LogP contribution < -0.4 is 5.73 Å². The van der Waals surface area contributed by atoms with Gasteiger partial charge in [-0.25, -0.2) is 0 Å². The monoisotopic (exact) mass is 236 g/mol. The Bertz CT molecular complexity index is 358. The number of nitrogens with two attached hydrogens (primary N) is 1. The molecule has 4 heteroatoms. The number of nitrogen functional groups attached to an aromatic ring is 1. The SMILES string of the molecule is N=C(N)c1ccc(SCC2CCCO2)cc1. The molecule has 0 aromatic heterocycles. The molecule has 2 rings (SSSR count). The zero-order valence-corrected chi connectivity index (χ0v) is 9.93. The highest BCUT2D eigenvalue weighted by Gasteiger charge is 2.15. The molecule has 86 valence electrons. The number of hydrogen-bond acceptors (Lipinski definition) is 3. The van der Waals surface area contributed by atoms with Gasteiger partial charge in [0.05, 0.1) is 6.10 Å². The first-order valence-corrected chi connectivity index (χ1v) is 6.43. The standard InChI is InChI=1S/C12H16N2OS/c13-12(14)9-3-5-11(6-4-9)16-8-10-2-1-7-15-10/h3-6,10H,1-2,7-8H2,(H3,13,14). The van der Waals surface area contributed by atoms with Crippen LogP contribution in [0.15, 0.2) is 29.2 Å². The Labute approximate surface area is 99.9 Å². The first-order valence-electron chi connectivity index (χ1n) is 5.44. The van der Waals surface area contributed by atoms with Crippen molar-refractivity contribution in [3.63, 3.8) is 0 Å². The second-order valence-electron chi connectivity index (χ2n) is 3.88. The maximum Gasteiger partial charge on any atom is 0.122 e. The third kappa shape index (κ3) is 3.00. The van der Waals surface area contributed by atoms with Gasteiger partial charge in [0, 0.05) is 22.8 Å². The molecule has 1 atom stereocenters. The van der Waals surface area contributed by atoms with E-state index in [4.69, 9.17) is 15.9 Å². The lowest BCUT2D eigenvalue weighted by Gasteiger charge is -2.08. The lowest BCUT2D eigenvalue weighted by atomic mass is 10.2. The van der Waals surface area contributed by atoms with E-state index in [9.17, 15) is 0 Å². The summed E-state index contributed by atoms with van der Waals surface area (Å²) in [6.45, 7) is 0.911. The number of benzene rings is 1. The molecule has 1 heterocycles. The summed E-state index contributed by atoms with van der Waals surface area (Å²) in [5.74, 6) is 1.13. The summed E-state index contributed by atoms with van der Waals surface area (Å²) < 4.78 is 5.56. The van der Waals surface area contributed by atoms with Crippen LogP contribution in [0.1, 0.15) is 18.4 Å². The van der Waals surface area contributed by atoms with Gasteiger partial charge >= 0.3 is 0 Å². The normalized spacial score (nSPS) is 19.9. The third-order valence-corrected chi connectivity index (χ3v) is 3.77. The van der Waals surface area contributed by atoms with Crippen molar-refractivity contribution in [2.45, 2.75) is 23.8 Å². The minimum Gasteiger partial charge on any atom is -0.384 e. The topological polar surface area (TPSA) is 59.1 Å². The fraction of sp³-hybridized carbons (Fsp3) is 0.417. The molecule has 1 saturated heterocycles. The average Bonchev–Trinajstić information content (AvgIpc) is 2.80. The van der Waals surface area contributed by atoms with E-state index in [0.29, 0.717) is 6.10 Å². The maximum atomic E-state index is 7.29. The molecule has 0 saturated carbocycles. The van der Waals surface area contributed by atoms with Gasteiger partial charge in [-0.1, -0.05) is 12.1 Å². The number of amidine groups is 1. The van der Waals surface area contributed by atoms with Crippen LogP contribution in [0.25, 0.3) is 0 Å². The number of rotatable bonds is 4. The van der Waals surface area contributed by atoms with Crippen molar-refractivity contribution in [3.8, 4) is 0 Å². The van der Waals surface area contributed by atoms with Gasteiger partial charge in [-0.15, -0.1) is 11.8 Å². The molecule has 1 unspecified atom stereocenters. The molecule has 1 aliphatic rings. The van der Waals surface area contributed by atoms with E-state index in [0.717, 1.165) is 17.9 Å². The van der Waals surface area contributed by atoms with Crippen molar-refractivity contribution >= 4 is 17.6 Å². The second-order valence-corrected chi connectivity index (χ2v) is 4.98. The summed E-state index contributed by atoms with van der Waals surface area (Å²) >= 11 is 1.80. The Hall–Kier alpha value is -1.00. The van der Waals surface area contributed by atoms with Gasteiger partial charge in [-0.2, -0.15) is 0 Å². The molecule has 0 spiro atoms. The van der Waals surface area contributed by atoms with Crippen LogP contribution in [0.4, 0.5) is 0 Å². The molecule has 3 N–H and O–H groups in total. The summed E-state index contributed by atoms with van der Waals surface area (Å²) in [7, 11) is 0. The quantitative estimate of drug-likeness (QED) is 0.479. The van der Waals surface area contributed by atoms with Crippen molar-refractivity contribution in [2.24, 2.45) is 5.73 Å². The number of hydrogen-bond donors (Lipinski definition) is 2. The average molecular weight is 236 g/mol. The number of thioether (sulfide) groups is 1. The zero-order chi connectivity index (χ0) is 11.4. The molecule has 1 aromatic carbocycles. The fourth-order valence-electron chi connectivity index (χ4n) is 1.70. The lowest BCUT2D eigenvalue weighted by molar-refractivity contribution is 0.129. The van der Waals surface area contributed by atoms with Gasteiger partial charge in [-0.3, -0.25) is 5.41 Å². The van der Waals surface area contributed by atoms with E-state index >= 15 is 0 Å². The van der Waals surface area contributed by atoms with Crippen LogP contribution in [-0.2, 0) is 4.74 Å². The number of nitrogens with one attached hydrogen (secondary N) is 1. The zero-order valence-electron chi connectivity index (χ0n) is 9.11. The van der Waals surface area contributed by atoms with Crippen molar-refractivity contribution in [2.75, 3.05) is 12.4 Å². The smallest absolute Gasteiger partial charge is 0.122 e. The van der Waals surface area contributed by atoms with Crippen LogP contribution in [0.5, 0.6) is 0 Å². The Morgan fingerprint density at radius 1 is 1.44 bits per heavy atom. The highest BCUT2D eigenvalue weighted by atomic mass is 32.2. The molecule has 0 bridgehead atoms. The van der Waals surface area contributed by atoms with Crippen molar-refractivity contribution in [3.05, 3.63) is 29.8 Å². The van der Waals surface area contributed by atoms with Gasteiger partial charge in [0.1, 0.15) is 5.84 Å². The van der Waals surface area contributed by atoms with Crippen LogP contribution in [0.2, 0.25) is 0 Å². The molecule has 1 aromatic rings. The van der Waals surface area contributed by atoms with E-state index in [2.05, 4.69) is 0 Å². The molecule has 3 nitrogen and oxygen atoms in total. The fourth-order valence-corrected chi connectivity index (χ4v) is 2.67. The Morgan fingerprint density at radius 3 is 2.75 bits per heavy atom. The van der Waals surface area contributed by atoms with Gasteiger partial charge in [0.2, 0.25) is 0 Å². The summed E-state index contributed by atoms with van der Waals surface area (Å²) in [5, 5.41) is 7.29. The highest BCUT2D eigenvalue weighted by Crippen LogP contribution is 2.23. The van der Waals surface area contributed by atoms with Crippen LogP contribution in [0, 0.1) is 5.41 Å². The van der Waals surface area contributed by atoms with Gasteiger partial charge in [-0.05, 0) is 25.0 Å². The van der Waals surface area contributed by atoms with E-state index in [1.165, 1.54) is 17.7 Å². The minimum absolute atomic E-state index is 0.121. The molecule has 1 fully saturated rings. The molecule has 0 radical (unpaired) electrons. The number of ether oxygens (including phenoxy) is 1. The van der Waals surface area contributed by atoms with E-state index < -0.39 is 0 Å². The molecular formula is C12H16N2OS. The predicted molar refractivity (Wildman–Crippen MR) is 67.2 cm³/mol. The Balaban J connectivity index is 1.87. The van der Waals surface area contributed by atoms with E-state index in [1.54, 1.807) is 11.8 Å². The Morgan fingerprint density at radius 2 is 2.19 bits per heavy atom. The van der Waals surface area contributed by atoms with E-state index in [-0.39, 0.29) is 5.84 Å². The van der Waals surface area contributed by atoms with Gasteiger partial charge in [0.25, 0.3) is 0 Å². The summed E-state index contributed by atoms with van der Waals surface area (Å²) in [6, 6.07) is 7.80. The largest absolute Gasteiger partial charge is 0.384 e. The van der Waals surface area contributed by atoms with Gasteiger partial charge < -0.3 is 10.5 Å². The summed E-state index contributed by atoms with van der Waals surface area (Å²) in [6.07, 6.45) is 2.78. The Kier molecular flexibility index (Phi) is 3.85. The minimum atomic E-state index is 0.121. The second kappa shape index (κ2) is 5.37.